The maximum atomic E-state index is 2.47. The molecule has 0 radical (unpaired) electrons. The highest BCUT2D eigenvalue weighted by molar-refractivity contribution is 6.01. The molecule has 0 atom stereocenters. The highest BCUT2D eigenvalue weighted by atomic mass is 15.3. The summed E-state index contributed by atoms with van der Waals surface area (Å²) in [6.45, 7) is 7.88. The highest BCUT2D eigenvalue weighted by Crippen LogP contribution is 2.59. The third-order valence-corrected chi connectivity index (χ3v) is 5.75. The van der Waals surface area contributed by atoms with Crippen molar-refractivity contribution in [1.29, 1.82) is 0 Å². The molecule has 0 spiro atoms. The fraction of sp³-hybridized carbons (Fsp3) is 0.217. The Labute approximate surface area is 149 Å². The van der Waals surface area contributed by atoms with E-state index in [1.165, 1.54) is 39.6 Å². The van der Waals surface area contributed by atoms with Gasteiger partial charge >= 0.3 is 0 Å². The fourth-order valence-electron chi connectivity index (χ4n) is 4.55. The van der Waals surface area contributed by atoms with Crippen LogP contribution < -0.4 is 9.80 Å². The molecule has 0 saturated carbocycles. The first kappa shape index (κ1) is 14.6. The number of anilines is 5. The Kier molecular flexibility index (Phi) is 2.85. The van der Waals surface area contributed by atoms with Crippen LogP contribution >= 0.6 is 0 Å². The summed E-state index contributed by atoms with van der Waals surface area (Å²) in [7, 11) is 0. The minimum Gasteiger partial charge on any atom is -0.338 e. The van der Waals surface area contributed by atoms with Crippen LogP contribution in [0.15, 0.2) is 66.7 Å². The number of fused-ring (bicyclic) bond motifs is 4. The summed E-state index contributed by atoms with van der Waals surface area (Å²) in [6.07, 6.45) is 0. The maximum absolute atomic E-state index is 2.47. The summed E-state index contributed by atoms with van der Waals surface area (Å²) < 4.78 is 0. The summed E-state index contributed by atoms with van der Waals surface area (Å²) >= 11 is 0. The van der Waals surface area contributed by atoms with Crippen LogP contribution in [0.1, 0.15) is 31.9 Å². The van der Waals surface area contributed by atoms with Crippen molar-refractivity contribution in [3.8, 4) is 0 Å². The number of benzene rings is 3. The predicted octanol–water partition coefficient (Wildman–Crippen LogP) is 6.27. The van der Waals surface area contributed by atoms with Crippen LogP contribution in [-0.2, 0) is 5.41 Å². The molecule has 124 valence electrons. The van der Waals surface area contributed by atoms with Gasteiger partial charge in [0, 0.05) is 12.0 Å². The Balaban J connectivity index is 1.93. The van der Waals surface area contributed by atoms with E-state index in [2.05, 4.69) is 97.3 Å². The Bertz CT molecular complexity index is 987. The van der Waals surface area contributed by atoms with Gasteiger partial charge in [0.05, 0.1) is 28.4 Å². The molecule has 2 heterocycles. The zero-order chi connectivity index (χ0) is 17.2. The van der Waals surface area contributed by atoms with E-state index < -0.39 is 0 Å². The minimum atomic E-state index is -0.00979. The molecule has 0 unspecified atom stereocenters. The van der Waals surface area contributed by atoms with Crippen LogP contribution in [0, 0.1) is 0 Å². The second kappa shape index (κ2) is 4.89. The van der Waals surface area contributed by atoms with E-state index in [4.69, 9.17) is 0 Å². The SMILES string of the molecule is CCN1c2ccccc2N2c3ccccc3C(C)(C)c3cccc1c32. The van der Waals surface area contributed by atoms with Crippen LogP contribution in [0.3, 0.4) is 0 Å². The second-order valence-corrected chi connectivity index (χ2v) is 7.38. The predicted molar refractivity (Wildman–Crippen MR) is 106 cm³/mol. The van der Waals surface area contributed by atoms with Crippen LogP contribution in [0.5, 0.6) is 0 Å². The lowest BCUT2D eigenvalue weighted by molar-refractivity contribution is 0.631. The number of para-hydroxylation sites is 4. The van der Waals surface area contributed by atoms with E-state index in [0.29, 0.717) is 0 Å². The molecule has 0 N–H and O–H groups in total. The first-order valence-corrected chi connectivity index (χ1v) is 9.04. The molecule has 0 bridgehead atoms. The van der Waals surface area contributed by atoms with Gasteiger partial charge in [-0.15, -0.1) is 0 Å². The maximum Gasteiger partial charge on any atom is 0.0740 e. The fourth-order valence-corrected chi connectivity index (χ4v) is 4.55. The summed E-state index contributed by atoms with van der Waals surface area (Å²) in [4.78, 5) is 4.90. The molecule has 0 fully saturated rings. The first-order valence-electron chi connectivity index (χ1n) is 9.04. The molecule has 25 heavy (non-hydrogen) atoms. The molecule has 2 aliphatic rings. The lowest BCUT2D eigenvalue weighted by Crippen LogP contribution is -2.35. The lowest BCUT2D eigenvalue weighted by Gasteiger charge is -2.48. The van der Waals surface area contributed by atoms with E-state index >= 15 is 0 Å². The summed E-state index contributed by atoms with van der Waals surface area (Å²) in [5, 5.41) is 0. The third kappa shape index (κ3) is 1.74. The van der Waals surface area contributed by atoms with Crippen molar-refractivity contribution in [1.82, 2.24) is 0 Å². The summed E-state index contributed by atoms with van der Waals surface area (Å²) in [5.74, 6) is 0. The van der Waals surface area contributed by atoms with Gasteiger partial charge in [0.25, 0.3) is 0 Å². The molecule has 0 saturated heterocycles. The minimum absolute atomic E-state index is 0.00979. The molecule has 2 heteroatoms. The van der Waals surface area contributed by atoms with E-state index in [0.717, 1.165) is 6.54 Å². The molecule has 3 aromatic carbocycles. The van der Waals surface area contributed by atoms with Crippen LogP contribution in [0.25, 0.3) is 0 Å². The van der Waals surface area contributed by atoms with Crippen molar-refractivity contribution < 1.29 is 0 Å². The first-order chi connectivity index (χ1) is 12.1. The van der Waals surface area contributed by atoms with E-state index in [-0.39, 0.29) is 5.41 Å². The van der Waals surface area contributed by atoms with Crippen LogP contribution in [-0.4, -0.2) is 6.54 Å². The molecular weight excluding hydrogens is 304 g/mol. The Morgan fingerprint density at radius 3 is 2.04 bits per heavy atom. The van der Waals surface area contributed by atoms with Gasteiger partial charge in [-0.2, -0.15) is 0 Å². The quantitative estimate of drug-likeness (QED) is 0.520. The Hall–Kier alpha value is -2.74. The number of rotatable bonds is 1. The van der Waals surface area contributed by atoms with Crippen molar-refractivity contribution in [2.75, 3.05) is 16.3 Å². The number of nitrogens with zero attached hydrogens (tertiary/aromatic N) is 2. The van der Waals surface area contributed by atoms with E-state index in [9.17, 15) is 0 Å². The second-order valence-electron chi connectivity index (χ2n) is 7.38. The van der Waals surface area contributed by atoms with Crippen molar-refractivity contribution in [2.24, 2.45) is 0 Å². The molecule has 2 aliphatic heterocycles. The molecule has 3 aromatic rings. The highest BCUT2D eigenvalue weighted by Gasteiger charge is 2.41. The summed E-state index contributed by atoms with van der Waals surface area (Å²) in [6, 6.07) is 24.4. The Morgan fingerprint density at radius 1 is 0.680 bits per heavy atom. The van der Waals surface area contributed by atoms with Crippen molar-refractivity contribution >= 4 is 28.4 Å². The molecule has 0 aliphatic carbocycles. The standard InChI is InChI=1S/C23H22N2/c1-4-24-19-13-7-8-14-20(19)25-18-12-6-5-10-16(18)23(2,3)17-11-9-15-21(24)22(17)25/h5-15H,4H2,1-3H3. The molecule has 0 amide bonds. The van der Waals surface area contributed by atoms with E-state index in [1.807, 2.05) is 0 Å². The molecule has 0 aromatic heterocycles. The van der Waals surface area contributed by atoms with Gasteiger partial charge in [-0.1, -0.05) is 56.3 Å². The van der Waals surface area contributed by atoms with Gasteiger partial charge in [0.15, 0.2) is 0 Å². The molecule has 2 nitrogen and oxygen atoms in total. The smallest absolute Gasteiger partial charge is 0.0740 e. The Morgan fingerprint density at radius 2 is 1.28 bits per heavy atom. The third-order valence-electron chi connectivity index (χ3n) is 5.75. The average Bonchev–Trinajstić information content (AvgIpc) is 2.65. The normalized spacial score (nSPS) is 16.1. The van der Waals surface area contributed by atoms with Gasteiger partial charge in [-0.3, -0.25) is 0 Å². The van der Waals surface area contributed by atoms with Crippen LogP contribution in [0.4, 0.5) is 28.4 Å². The lowest BCUT2D eigenvalue weighted by atomic mass is 9.73. The van der Waals surface area contributed by atoms with Crippen molar-refractivity contribution in [3.63, 3.8) is 0 Å². The van der Waals surface area contributed by atoms with Gasteiger partial charge in [-0.25, -0.2) is 0 Å². The number of hydrogen-bond donors (Lipinski definition) is 0. The zero-order valence-corrected chi connectivity index (χ0v) is 15.0. The van der Waals surface area contributed by atoms with Gasteiger partial charge in [0.1, 0.15) is 0 Å². The molecular formula is C23H22N2. The summed E-state index contributed by atoms with van der Waals surface area (Å²) in [5.41, 5.74) is 9.28. The zero-order valence-electron chi connectivity index (χ0n) is 15.0. The monoisotopic (exact) mass is 326 g/mol. The van der Waals surface area contributed by atoms with Crippen molar-refractivity contribution in [3.05, 3.63) is 77.9 Å². The van der Waals surface area contributed by atoms with E-state index in [1.54, 1.807) is 0 Å². The van der Waals surface area contributed by atoms with Gasteiger partial charge < -0.3 is 9.80 Å². The topological polar surface area (TPSA) is 6.48 Å². The van der Waals surface area contributed by atoms with Gasteiger partial charge in [0.2, 0.25) is 0 Å². The number of hydrogen-bond acceptors (Lipinski definition) is 2. The van der Waals surface area contributed by atoms with Crippen molar-refractivity contribution in [2.45, 2.75) is 26.2 Å². The van der Waals surface area contributed by atoms with Gasteiger partial charge in [-0.05, 0) is 42.3 Å². The average molecular weight is 326 g/mol. The van der Waals surface area contributed by atoms with Crippen LogP contribution in [0.2, 0.25) is 0 Å². The molecule has 5 rings (SSSR count). The largest absolute Gasteiger partial charge is 0.338 e.